The van der Waals surface area contributed by atoms with Crippen LogP contribution in [0.1, 0.15) is 48.8 Å². The van der Waals surface area contributed by atoms with Crippen LogP contribution < -0.4 is 5.32 Å². The molecule has 7 heteroatoms. The highest BCUT2D eigenvalue weighted by Gasteiger charge is 2.45. The molecule has 1 aromatic heterocycles. The van der Waals surface area contributed by atoms with Crippen LogP contribution in [0.3, 0.4) is 0 Å². The second kappa shape index (κ2) is 6.54. The number of halogens is 2. The van der Waals surface area contributed by atoms with Gasteiger partial charge in [-0.25, -0.2) is 8.78 Å². The smallest absolute Gasteiger partial charge is 0.224 e. The van der Waals surface area contributed by atoms with Gasteiger partial charge >= 0.3 is 0 Å². The Morgan fingerprint density at radius 1 is 1.24 bits per heavy atom. The molecule has 2 atom stereocenters. The third-order valence-electron chi connectivity index (χ3n) is 5.11. The number of aromatic nitrogens is 3. The van der Waals surface area contributed by atoms with Gasteiger partial charge in [0.25, 0.3) is 0 Å². The molecule has 25 heavy (non-hydrogen) atoms. The Hall–Kier alpha value is -2.31. The standard InChI is InChI=1S/C18H20F2N4O/c19-14-6-4-5-11(17(14)20)12-9-13(12)18(25)21-10-16-23-22-15-7-2-1-3-8-24(15)16/h4-6,12-13H,1-3,7-10H2,(H,21,25)/t12-,13+/m0/s1. The summed E-state index contributed by atoms with van der Waals surface area (Å²) in [4.78, 5) is 12.3. The number of carbonyl (C=O) groups excluding carboxylic acids is 1. The van der Waals surface area contributed by atoms with Gasteiger partial charge in [0, 0.05) is 18.9 Å². The van der Waals surface area contributed by atoms with Crippen LogP contribution in [0.25, 0.3) is 0 Å². The largest absolute Gasteiger partial charge is 0.349 e. The average molecular weight is 346 g/mol. The van der Waals surface area contributed by atoms with E-state index in [1.807, 2.05) is 0 Å². The summed E-state index contributed by atoms with van der Waals surface area (Å²) in [5.41, 5.74) is 0.288. The SMILES string of the molecule is O=C(NCc1nnc2n1CCCCC2)[C@@H]1C[C@H]1c1cccc(F)c1F. The van der Waals surface area contributed by atoms with Gasteiger partial charge in [-0.1, -0.05) is 18.6 Å². The van der Waals surface area contributed by atoms with Crippen molar-refractivity contribution in [1.82, 2.24) is 20.1 Å². The molecule has 1 aromatic carbocycles. The van der Waals surface area contributed by atoms with Crippen LogP contribution >= 0.6 is 0 Å². The number of nitrogens with zero attached hydrogens (tertiary/aromatic N) is 3. The van der Waals surface area contributed by atoms with E-state index in [4.69, 9.17) is 0 Å². The number of carbonyl (C=O) groups is 1. The van der Waals surface area contributed by atoms with E-state index in [9.17, 15) is 13.6 Å². The maximum atomic E-state index is 13.8. The topological polar surface area (TPSA) is 59.8 Å². The van der Waals surface area contributed by atoms with Crippen molar-refractivity contribution in [3.05, 3.63) is 47.0 Å². The van der Waals surface area contributed by atoms with Gasteiger partial charge in [0.2, 0.25) is 5.91 Å². The first-order chi connectivity index (χ1) is 12.1. The van der Waals surface area contributed by atoms with Crippen LogP contribution in [-0.4, -0.2) is 20.7 Å². The number of aryl methyl sites for hydroxylation is 1. The van der Waals surface area contributed by atoms with Crippen molar-refractivity contribution in [2.24, 2.45) is 5.92 Å². The summed E-state index contributed by atoms with van der Waals surface area (Å²) in [5.74, 6) is -0.652. The highest BCUT2D eigenvalue weighted by molar-refractivity contribution is 5.82. The van der Waals surface area contributed by atoms with Crippen molar-refractivity contribution in [2.45, 2.75) is 51.1 Å². The van der Waals surface area contributed by atoms with Crippen molar-refractivity contribution >= 4 is 5.91 Å². The fraction of sp³-hybridized carbons (Fsp3) is 0.500. The molecule has 0 radical (unpaired) electrons. The Kier molecular flexibility index (Phi) is 4.23. The Morgan fingerprint density at radius 2 is 2.12 bits per heavy atom. The summed E-state index contributed by atoms with van der Waals surface area (Å²) >= 11 is 0. The number of fused-ring (bicyclic) bond motifs is 1. The summed E-state index contributed by atoms with van der Waals surface area (Å²) in [6, 6.07) is 4.12. The lowest BCUT2D eigenvalue weighted by Crippen LogP contribution is -2.26. The maximum Gasteiger partial charge on any atom is 0.224 e. The Balaban J connectivity index is 1.38. The number of rotatable bonds is 4. The van der Waals surface area contributed by atoms with Gasteiger partial charge in [-0.15, -0.1) is 10.2 Å². The first kappa shape index (κ1) is 16.2. The summed E-state index contributed by atoms with van der Waals surface area (Å²) in [7, 11) is 0. The second-order valence-electron chi connectivity index (χ2n) is 6.80. The molecular formula is C18H20F2N4O. The lowest BCUT2D eigenvalue weighted by atomic mass is 10.1. The molecule has 0 spiro atoms. The highest BCUT2D eigenvalue weighted by Crippen LogP contribution is 2.48. The predicted octanol–water partition coefficient (Wildman–Crippen LogP) is 2.70. The molecule has 0 unspecified atom stereocenters. The number of nitrogens with one attached hydrogen (secondary N) is 1. The lowest BCUT2D eigenvalue weighted by molar-refractivity contribution is -0.122. The fourth-order valence-corrected chi connectivity index (χ4v) is 3.61. The van der Waals surface area contributed by atoms with Crippen molar-refractivity contribution in [2.75, 3.05) is 0 Å². The molecule has 0 saturated heterocycles. The van der Waals surface area contributed by atoms with Crippen molar-refractivity contribution in [1.29, 1.82) is 0 Å². The molecule has 5 nitrogen and oxygen atoms in total. The molecule has 132 valence electrons. The van der Waals surface area contributed by atoms with E-state index in [0.29, 0.717) is 13.0 Å². The number of hydrogen-bond acceptors (Lipinski definition) is 3. The lowest BCUT2D eigenvalue weighted by Gasteiger charge is -2.08. The van der Waals surface area contributed by atoms with Crippen LogP contribution in [0, 0.1) is 17.6 Å². The zero-order chi connectivity index (χ0) is 17.4. The highest BCUT2D eigenvalue weighted by atomic mass is 19.2. The minimum Gasteiger partial charge on any atom is -0.349 e. The molecule has 2 aliphatic rings. The number of amides is 1. The number of benzene rings is 1. The third kappa shape index (κ3) is 3.15. The predicted molar refractivity (Wildman–Crippen MR) is 86.6 cm³/mol. The Bertz CT molecular complexity index is 804. The van der Waals surface area contributed by atoms with Crippen LogP contribution in [0.4, 0.5) is 8.78 Å². The Morgan fingerprint density at radius 3 is 3.00 bits per heavy atom. The normalized spacial score (nSPS) is 22.2. The van der Waals surface area contributed by atoms with E-state index in [2.05, 4.69) is 20.1 Å². The minimum absolute atomic E-state index is 0.139. The second-order valence-corrected chi connectivity index (χ2v) is 6.80. The molecule has 1 amide bonds. The zero-order valence-electron chi connectivity index (χ0n) is 13.8. The number of hydrogen-bond donors (Lipinski definition) is 1. The quantitative estimate of drug-likeness (QED) is 0.926. The average Bonchev–Trinajstić information content (AvgIpc) is 3.36. The van der Waals surface area contributed by atoms with E-state index in [-0.39, 0.29) is 23.3 Å². The van der Waals surface area contributed by atoms with Crippen molar-refractivity contribution in [3.63, 3.8) is 0 Å². The van der Waals surface area contributed by atoms with Gasteiger partial charge in [-0.05, 0) is 36.8 Å². The minimum atomic E-state index is -0.866. The Labute approximate surface area is 144 Å². The van der Waals surface area contributed by atoms with Gasteiger partial charge in [0.15, 0.2) is 17.5 Å². The molecule has 2 aromatic rings. The zero-order valence-corrected chi connectivity index (χ0v) is 13.8. The molecular weight excluding hydrogens is 326 g/mol. The van der Waals surface area contributed by atoms with Crippen molar-refractivity contribution in [3.8, 4) is 0 Å². The molecule has 1 saturated carbocycles. The molecule has 4 rings (SSSR count). The molecule has 1 N–H and O–H groups in total. The van der Waals surface area contributed by atoms with Crippen LogP contribution in [0.5, 0.6) is 0 Å². The maximum absolute atomic E-state index is 13.8. The van der Waals surface area contributed by atoms with Crippen LogP contribution in [0.15, 0.2) is 18.2 Å². The first-order valence-corrected chi connectivity index (χ1v) is 8.77. The van der Waals surface area contributed by atoms with E-state index in [0.717, 1.165) is 43.5 Å². The van der Waals surface area contributed by atoms with Gasteiger partial charge in [0.1, 0.15) is 5.82 Å². The molecule has 1 aliphatic heterocycles. The van der Waals surface area contributed by atoms with E-state index in [1.165, 1.54) is 12.5 Å². The molecule has 1 fully saturated rings. The first-order valence-electron chi connectivity index (χ1n) is 8.77. The third-order valence-corrected chi connectivity index (χ3v) is 5.11. The summed E-state index contributed by atoms with van der Waals surface area (Å²) < 4.78 is 29.3. The van der Waals surface area contributed by atoms with E-state index >= 15 is 0 Å². The van der Waals surface area contributed by atoms with Crippen LogP contribution in [-0.2, 0) is 24.3 Å². The van der Waals surface area contributed by atoms with Gasteiger partial charge in [-0.2, -0.15) is 0 Å². The molecule has 0 bridgehead atoms. The van der Waals surface area contributed by atoms with Gasteiger partial charge < -0.3 is 9.88 Å². The van der Waals surface area contributed by atoms with Crippen molar-refractivity contribution < 1.29 is 13.6 Å². The summed E-state index contributed by atoms with van der Waals surface area (Å²) in [6.45, 7) is 1.20. The summed E-state index contributed by atoms with van der Waals surface area (Å²) in [6.07, 6.45) is 4.86. The molecule has 2 heterocycles. The van der Waals surface area contributed by atoms with Crippen LogP contribution in [0.2, 0.25) is 0 Å². The van der Waals surface area contributed by atoms with Gasteiger partial charge in [0.05, 0.1) is 6.54 Å². The van der Waals surface area contributed by atoms with E-state index in [1.54, 1.807) is 6.07 Å². The van der Waals surface area contributed by atoms with Gasteiger partial charge in [-0.3, -0.25) is 4.79 Å². The van der Waals surface area contributed by atoms with E-state index < -0.39 is 11.6 Å². The summed E-state index contributed by atoms with van der Waals surface area (Å²) in [5, 5.41) is 11.3. The molecule has 1 aliphatic carbocycles. The monoisotopic (exact) mass is 346 g/mol. The fourth-order valence-electron chi connectivity index (χ4n) is 3.61.